The van der Waals surface area contributed by atoms with Crippen molar-refractivity contribution in [2.45, 2.75) is 31.8 Å². The number of carbonyl (C=O) groups excluding carboxylic acids is 2. The van der Waals surface area contributed by atoms with Crippen molar-refractivity contribution in [2.24, 2.45) is 0 Å². The predicted octanol–water partition coefficient (Wildman–Crippen LogP) is 2.36. The lowest BCUT2D eigenvalue weighted by atomic mass is 9.90. The highest BCUT2D eigenvalue weighted by atomic mass is 16.2. The Morgan fingerprint density at radius 3 is 2.38 bits per heavy atom. The van der Waals surface area contributed by atoms with E-state index in [9.17, 15) is 9.59 Å². The second kappa shape index (κ2) is 10.2. The number of imidazole rings is 1. The second-order valence-electron chi connectivity index (χ2n) is 8.17. The maximum Gasteiger partial charge on any atom is 0.237 e. The highest BCUT2D eigenvalue weighted by Crippen LogP contribution is 2.27. The number of hydrogen-bond acceptors (Lipinski definition) is 4. The molecule has 0 aliphatic carbocycles. The minimum atomic E-state index is -0.503. The Bertz CT molecular complexity index is 995. The van der Waals surface area contributed by atoms with Gasteiger partial charge in [0.2, 0.25) is 11.8 Å². The number of amides is 2. The van der Waals surface area contributed by atoms with E-state index in [1.54, 1.807) is 6.20 Å². The summed E-state index contributed by atoms with van der Waals surface area (Å²) in [5.41, 5.74) is 3.34. The molecule has 0 radical (unpaired) electrons. The zero-order valence-electron chi connectivity index (χ0n) is 18.3. The van der Waals surface area contributed by atoms with Crippen molar-refractivity contribution >= 4 is 11.8 Å². The number of rotatable bonds is 8. The fraction of sp³-hybridized carbons (Fsp3) is 0.320. The van der Waals surface area contributed by atoms with E-state index in [0.29, 0.717) is 32.0 Å². The molecule has 4 rings (SSSR count). The number of benzene rings is 2. The number of aromatic amines is 1. The molecular weight excluding hydrogens is 402 g/mol. The summed E-state index contributed by atoms with van der Waals surface area (Å²) in [6.45, 7) is 4.18. The molecule has 7 nitrogen and oxygen atoms in total. The van der Waals surface area contributed by atoms with E-state index in [-0.39, 0.29) is 24.2 Å². The Kier molecular flexibility index (Phi) is 6.97. The minimum Gasteiger partial charge on any atom is -0.353 e. The van der Waals surface area contributed by atoms with Crippen LogP contribution in [0.4, 0.5) is 0 Å². The van der Waals surface area contributed by atoms with Crippen LogP contribution in [0.15, 0.2) is 66.9 Å². The van der Waals surface area contributed by atoms with E-state index < -0.39 is 6.04 Å². The number of nitrogens with zero attached hydrogens (tertiary/aromatic N) is 2. The lowest BCUT2D eigenvalue weighted by Crippen LogP contribution is -2.57. The lowest BCUT2D eigenvalue weighted by Gasteiger charge is -2.37. The summed E-state index contributed by atoms with van der Waals surface area (Å²) in [5, 5.41) is 5.80. The fourth-order valence-corrected chi connectivity index (χ4v) is 4.20. The van der Waals surface area contributed by atoms with E-state index in [1.165, 1.54) is 11.1 Å². The Morgan fingerprint density at radius 1 is 1.12 bits per heavy atom. The van der Waals surface area contributed by atoms with Crippen molar-refractivity contribution in [3.05, 3.63) is 89.5 Å². The van der Waals surface area contributed by atoms with Gasteiger partial charge in [0.05, 0.1) is 19.0 Å². The van der Waals surface area contributed by atoms with Gasteiger partial charge in [-0.05, 0) is 18.1 Å². The first kappa shape index (κ1) is 21.8. The largest absolute Gasteiger partial charge is 0.353 e. The SMILES string of the molecule is Cc1cnc(CNC(=O)CC2C(=O)NCCN2CC(c2ccccc2)c2ccccc2)[nH]1. The van der Waals surface area contributed by atoms with Gasteiger partial charge in [0, 0.05) is 37.4 Å². The third-order valence-corrected chi connectivity index (χ3v) is 5.85. The van der Waals surface area contributed by atoms with Crippen molar-refractivity contribution in [1.29, 1.82) is 0 Å². The molecule has 166 valence electrons. The van der Waals surface area contributed by atoms with Crippen LogP contribution in [0.3, 0.4) is 0 Å². The number of piperazine rings is 1. The Balaban J connectivity index is 1.48. The molecule has 3 N–H and O–H groups in total. The monoisotopic (exact) mass is 431 g/mol. The van der Waals surface area contributed by atoms with Gasteiger partial charge in [-0.25, -0.2) is 4.98 Å². The van der Waals surface area contributed by atoms with Gasteiger partial charge in [-0.15, -0.1) is 0 Å². The topological polar surface area (TPSA) is 90.1 Å². The summed E-state index contributed by atoms with van der Waals surface area (Å²) < 4.78 is 0. The molecule has 1 aliphatic heterocycles. The van der Waals surface area contributed by atoms with Crippen LogP contribution in [-0.2, 0) is 16.1 Å². The molecule has 1 unspecified atom stereocenters. The van der Waals surface area contributed by atoms with Gasteiger partial charge in [0.1, 0.15) is 5.82 Å². The van der Waals surface area contributed by atoms with Crippen molar-refractivity contribution in [3.63, 3.8) is 0 Å². The van der Waals surface area contributed by atoms with Gasteiger partial charge in [0.15, 0.2) is 0 Å². The molecule has 2 amide bonds. The summed E-state index contributed by atoms with van der Waals surface area (Å²) in [4.78, 5) is 34.8. The second-order valence-corrected chi connectivity index (χ2v) is 8.17. The summed E-state index contributed by atoms with van der Waals surface area (Å²) in [5.74, 6) is 0.552. The smallest absolute Gasteiger partial charge is 0.237 e. The highest BCUT2D eigenvalue weighted by molar-refractivity contribution is 5.88. The highest BCUT2D eigenvalue weighted by Gasteiger charge is 2.33. The third kappa shape index (κ3) is 5.42. The van der Waals surface area contributed by atoms with Gasteiger partial charge < -0.3 is 15.6 Å². The molecule has 2 aromatic carbocycles. The minimum absolute atomic E-state index is 0.0971. The number of nitrogens with one attached hydrogen (secondary N) is 3. The van der Waals surface area contributed by atoms with Crippen molar-refractivity contribution in [2.75, 3.05) is 19.6 Å². The molecule has 7 heteroatoms. The molecule has 3 aromatic rings. The van der Waals surface area contributed by atoms with E-state index >= 15 is 0 Å². The quantitative estimate of drug-likeness (QED) is 0.511. The predicted molar refractivity (Wildman–Crippen MR) is 123 cm³/mol. The summed E-state index contributed by atoms with van der Waals surface area (Å²) in [7, 11) is 0. The van der Waals surface area contributed by atoms with Crippen LogP contribution in [0.5, 0.6) is 0 Å². The first-order valence-corrected chi connectivity index (χ1v) is 11.0. The Morgan fingerprint density at radius 2 is 1.78 bits per heavy atom. The Hall–Kier alpha value is -3.45. The first-order chi connectivity index (χ1) is 15.6. The van der Waals surface area contributed by atoms with Crippen LogP contribution in [0.25, 0.3) is 0 Å². The van der Waals surface area contributed by atoms with E-state index in [1.807, 2.05) is 43.3 Å². The van der Waals surface area contributed by atoms with E-state index in [2.05, 4.69) is 49.8 Å². The van der Waals surface area contributed by atoms with Crippen LogP contribution >= 0.6 is 0 Å². The molecular formula is C25H29N5O2. The zero-order chi connectivity index (χ0) is 22.3. The number of hydrogen-bond donors (Lipinski definition) is 3. The normalized spacial score (nSPS) is 16.7. The number of H-pyrrole nitrogens is 1. The van der Waals surface area contributed by atoms with Crippen LogP contribution in [0.2, 0.25) is 0 Å². The summed E-state index contributed by atoms with van der Waals surface area (Å²) >= 11 is 0. The van der Waals surface area contributed by atoms with Gasteiger partial charge in [-0.3, -0.25) is 14.5 Å². The fourth-order valence-electron chi connectivity index (χ4n) is 4.20. The van der Waals surface area contributed by atoms with Crippen LogP contribution in [-0.4, -0.2) is 52.4 Å². The molecule has 2 heterocycles. The van der Waals surface area contributed by atoms with Crippen molar-refractivity contribution in [1.82, 2.24) is 25.5 Å². The number of aromatic nitrogens is 2. The van der Waals surface area contributed by atoms with Crippen LogP contribution in [0, 0.1) is 6.92 Å². The van der Waals surface area contributed by atoms with Gasteiger partial charge in [-0.1, -0.05) is 60.7 Å². The molecule has 32 heavy (non-hydrogen) atoms. The molecule has 1 aromatic heterocycles. The first-order valence-electron chi connectivity index (χ1n) is 11.0. The molecule has 1 fully saturated rings. The zero-order valence-corrected chi connectivity index (χ0v) is 18.3. The number of carbonyl (C=O) groups is 2. The summed E-state index contributed by atoms with van der Waals surface area (Å²) in [6.07, 6.45) is 1.84. The molecule has 0 spiro atoms. The summed E-state index contributed by atoms with van der Waals surface area (Å²) in [6, 6.07) is 20.1. The average molecular weight is 432 g/mol. The average Bonchev–Trinajstić information content (AvgIpc) is 3.24. The van der Waals surface area contributed by atoms with Crippen molar-refractivity contribution in [3.8, 4) is 0 Å². The maximum atomic E-state index is 12.7. The van der Waals surface area contributed by atoms with E-state index in [4.69, 9.17) is 0 Å². The molecule has 0 bridgehead atoms. The molecule has 1 saturated heterocycles. The van der Waals surface area contributed by atoms with Crippen LogP contribution < -0.4 is 10.6 Å². The lowest BCUT2D eigenvalue weighted by molar-refractivity contribution is -0.134. The maximum absolute atomic E-state index is 12.7. The standard InChI is InChI=1S/C25H29N5O2/c1-18-15-27-23(29-18)16-28-24(31)14-22-25(32)26-12-13-30(22)17-21(19-8-4-2-5-9-19)20-10-6-3-7-11-20/h2-11,15,21-22H,12-14,16-17H2,1H3,(H,26,32)(H,27,29)(H,28,31). The van der Waals surface area contributed by atoms with Gasteiger partial charge in [0.25, 0.3) is 0 Å². The van der Waals surface area contributed by atoms with E-state index in [0.717, 1.165) is 5.69 Å². The van der Waals surface area contributed by atoms with Gasteiger partial charge in [-0.2, -0.15) is 0 Å². The third-order valence-electron chi connectivity index (χ3n) is 5.85. The molecule has 0 saturated carbocycles. The van der Waals surface area contributed by atoms with Crippen LogP contribution in [0.1, 0.15) is 35.0 Å². The molecule has 1 atom stereocenters. The van der Waals surface area contributed by atoms with Crippen molar-refractivity contribution < 1.29 is 9.59 Å². The van der Waals surface area contributed by atoms with Gasteiger partial charge >= 0.3 is 0 Å². The number of aryl methyl sites for hydroxylation is 1. The Labute approximate surface area is 188 Å². The molecule has 1 aliphatic rings.